The molecule has 1 aliphatic rings. The van der Waals surface area contributed by atoms with Crippen LogP contribution in [0.25, 0.3) is 10.1 Å². The van der Waals surface area contributed by atoms with Gasteiger partial charge in [0.05, 0.1) is 4.88 Å². The molecular weight excluding hydrogens is 330 g/mol. The normalized spacial score (nSPS) is 16.9. The minimum absolute atomic E-state index is 0.162. The number of aromatic nitrogens is 1. The first-order valence-corrected chi connectivity index (χ1v) is 9.46. The molecule has 1 saturated heterocycles. The molecule has 1 aromatic carbocycles. The molecule has 0 N–H and O–H groups in total. The number of hydrogen-bond donors (Lipinski definition) is 0. The standard InChI is InChI=1S/C20H21N3OS/c1-15(17-6-4-8-21-14-17)22-9-11-23(12-10-22)20(24)19-13-16-5-2-3-7-18(16)25-19/h2-8,13-15H,9-12H2,1H3. The first-order valence-electron chi connectivity index (χ1n) is 8.64. The number of pyridine rings is 1. The molecule has 1 fully saturated rings. The largest absolute Gasteiger partial charge is 0.335 e. The van der Waals surface area contributed by atoms with Gasteiger partial charge in [0.1, 0.15) is 0 Å². The Morgan fingerprint density at radius 2 is 1.92 bits per heavy atom. The highest BCUT2D eigenvalue weighted by atomic mass is 32.1. The third-order valence-electron chi connectivity index (χ3n) is 4.95. The fourth-order valence-electron chi connectivity index (χ4n) is 3.39. The second kappa shape index (κ2) is 6.94. The molecule has 1 unspecified atom stereocenters. The molecule has 0 bridgehead atoms. The van der Waals surface area contributed by atoms with E-state index < -0.39 is 0 Å². The van der Waals surface area contributed by atoms with Crippen LogP contribution in [0.1, 0.15) is 28.2 Å². The molecule has 3 aromatic rings. The van der Waals surface area contributed by atoms with Crippen molar-refractivity contribution in [2.75, 3.05) is 26.2 Å². The van der Waals surface area contributed by atoms with Crippen LogP contribution in [0.2, 0.25) is 0 Å². The molecule has 25 heavy (non-hydrogen) atoms. The number of nitrogens with zero attached hydrogens (tertiary/aromatic N) is 3. The van der Waals surface area contributed by atoms with Crippen molar-refractivity contribution in [2.45, 2.75) is 13.0 Å². The maximum Gasteiger partial charge on any atom is 0.264 e. The van der Waals surface area contributed by atoms with E-state index in [0.29, 0.717) is 6.04 Å². The van der Waals surface area contributed by atoms with Gasteiger partial charge < -0.3 is 4.90 Å². The number of rotatable bonds is 3. The van der Waals surface area contributed by atoms with E-state index in [1.54, 1.807) is 17.5 Å². The quantitative estimate of drug-likeness (QED) is 0.720. The van der Waals surface area contributed by atoms with Crippen molar-refractivity contribution in [2.24, 2.45) is 0 Å². The van der Waals surface area contributed by atoms with E-state index in [2.05, 4.69) is 35.0 Å². The summed E-state index contributed by atoms with van der Waals surface area (Å²) in [6.45, 7) is 5.55. The monoisotopic (exact) mass is 351 g/mol. The second-order valence-electron chi connectivity index (χ2n) is 6.44. The van der Waals surface area contributed by atoms with E-state index in [0.717, 1.165) is 36.4 Å². The summed E-state index contributed by atoms with van der Waals surface area (Å²) in [6.07, 6.45) is 3.73. The molecule has 0 aliphatic carbocycles. The van der Waals surface area contributed by atoms with Gasteiger partial charge in [-0.3, -0.25) is 14.7 Å². The van der Waals surface area contributed by atoms with Crippen LogP contribution in [-0.4, -0.2) is 46.9 Å². The summed E-state index contributed by atoms with van der Waals surface area (Å²) in [5, 5.41) is 1.15. The van der Waals surface area contributed by atoms with Crippen LogP contribution < -0.4 is 0 Å². The van der Waals surface area contributed by atoms with Crippen LogP contribution in [0.3, 0.4) is 0 Å². The van der Waals surface area contributed by atoms with Crippen LogP contribution in [0.15, 0.2) is 54.9 Å². The molecule has 0 saturated carbocycles. The van der Waals surface area contributed by atoms with Gasteiger partial charge in [-0.1, -0.05) is 24.3 Å². The van der Waals surface area contributed by atoms with Gasteiger partial charge in [0.15, 0.2) is 0 Å². The molecule has 1 amide bonds. The summed E-state index contributed by atoms with van der Waals surface area (Å²) in [4.78, 5) is 22.3. The maximum absolute atomic E-state index is 12.8. The lowest BCUT2D eigenvalue weighted by atomic mass is 10.1. The van der Waals surface area contributed by atoms with Crippen molar-refractivity contribution in [1.29, 1.82) is 0 Å². The number of thiophene rings is 1. The summed E-state index contributed by atoms with van der Waals surface area (Å²) in [5.41, 5.74) is 1.23. The summed E-state index contributed by atoms with van der Waals surface area (Å²) in [7, 11) is 0. The van der Waals surface area contributed by atoms with Crippen molar-refractivity contribution in [3.63, 3.8) is 0 Å². The van der Waals surface area contributed by atoms with Crippen molar-refractivity contribution in [3.8, 4) is 0 Å². The lowest BCUT2D eigenvalue weighted by Crippen LogP contribution is -2.49. The SMILES string of the molecule is CC(c1cccnc1)N1CCN(C(=O)c2cc3ccccc3s2)CC1. The van der Waals surface area contributed by atoms with Gasteiger partial charge in [-0.15, -0.1) is 11.3 Å². The number of piperazine rings is 1. The third-order valence-corrected chi connectivity index (χ3v) is 6.06. The number of amides is 1. The molecule has 4 rings (SSSR count). The molecule has 128 valence electrons. The predicted molar refractivity (Wildman–Crippen MR) is 102 cm³/mol. The Balaban J connectivity index is 1.42. The van der Waals surface area contributed by atoms with E-state index in [1.807, 2.05) is 35.4 Å². The molecule has 2 aromatic heterocycles. The number of carbonyl (C=O) groups excluding carboxylic acids is 1. The van der Waals surface area contributed by atoms with Crippen LogP contribution in [0, 0.1) is 0 Å². The molecule has 1 aliphatic heterocycles. The Hall–Kier alpha value is -2.24. The van der Waals surface area contributed by atoms with Gasteiger partial charge in [-0.25, -0.2) is 0 Å². The lowest BCUT2D eigenvalue weighted by Gasteiger charge is -2.38. The number of fused-ring (bicyclic) bond motifs is 1. The van der Waals surface area contributed by atoms with E-state index in [9.17, 15) is 4.79 Å². The van der Waals surface area contributed by atoms with E-state index in [-0.39, 0.29) is 5.91 Å². The fourth-order valence-corrected chi connectivity index (χ4v) is 4.42. The Morgan fingerprint density at radius 1 is 1.12 bits per heavy atom. The molecular formula is C20H21N3OS. The van der Waals surface area contributed by atoms with Crippen LogP contribution in [-0.2, 0) is 0 Å². The average Bonchev–Trinajstić information content (AvgIpc) is 3.12. The first-order chi connectivity index (χ1) is 12.2. The van der Waals surface area contributed by atoms with Crippen LogP contribution in [0.5, 0.6) is 0 Å². The average molecular weight is 351 g/mol. The first kappa shape index (κ1) is 16.2. The number of hydrogen-bond acceptors (Lipinski definition) is 4. The second-order valence-corrected chi connectivity index (χ2v) is 7.52. The van der Waals surface area contributed by atoms with E-state index in [4.69, 9.17) is 0 Å². The van der Waals surface area contributed by atoms with Gasteiger partial charge in [-0.2, -0.15) is 0 Å². The van der Waals surface area contributed by atoms with Crippen LogP contribution in [0.4, 0.5) is 0 Å². The Kier molecular flexibility index (Phi) is 4.51. The van der Waals surface area contributed by atoms with Crippen molar-refractivity contribution in [3.05, 3.63) is 65.3 Å². The van der Waals surface area contributed by atoms with Crippen molar-refractivity contribution < 1.29 is 4.79 Å². The Morgan fingerprint density at radius 3 is 2.64 bits per heavy atom. The summed E-state index contributed by atoms with van der Waals surface area (Å²) in [6, 6.07) is 14.6. The maximum atomic E-state index is 12.8. The molecule has 5 heteroatoms. The molecule has 4 nitrogen and oxygen atoms in total. The number of carbonyl (C=O) groups is 1. The van der Waals surface area contributed by atoms with Crippen molar-refractivity contribution >= 4 is 27.3 Å². The minimum Gasteiger partial charge on any atom is -0.335 e. The van der Waals surface area contributed by atoms with E-state index in [1.165, 1.54) is 10.3 Å². The Bertz CT molecular complexity index is 836. The van der Waals surface area contributed by atoms with E-state index >= 15 is 0 Å². The van der Waals surface area contributed by atoms with Gasteiger partial charge in [0, 0.05) is 49.3 Å². The minimum atomic E-state index is 0.162. The smallest absolute Gasteiger partial charge is 0.264 e. The third kappa shape index (κ3) is 3.30. The van der Waals surface area contributed by atoms with Gasteiger partial charge in [0.2, 0.25) is 0 Å². The van der Waals surface area contributed by atoms with Crippen LogP contribution >= 0.6 is 11.3 Å². The zero-order chi connectivity index (χ0) is 17.2. The molecule has 3 heterocycles. The lowest BCUT2D eigenvalue weighted by molar-refractivity contribution is 0.0586. The highest BCUT2D eigenvalue weighted by Crippen LogP contribution is 2.27. The van der Waals surface area contributed by atoms with Gasteiger partial charge in [-0.05, 0) is 36.1 Å². The van der Waals surface area contributed by atoms with Gasteiger partial charge in [0.25, 0.3) is 5.91 Å². The molecule has 0 spiro atoms. The van der Waals surface area contributed by atoms with Gasteiger partial charge >= 0.3 is 0 Å². The summed E-state index contributed by atoms with van der Waals surface area (Å²) in [5.74, 6) is 0.162. The fraction of sp³-hybridized carbons (Fsp3) is 0.300. The summed E-state index contributed by atoms with van der Waals surface area (Å²) < 4.78 is 1.18. The summed E-state index contributed by atoms with van der Waals surface area (Å²) >= 11 is 1.59. The topological polar surface area (TPSA) is 36.4 Å². The Labute approximate surface area is 151 Å². The number of benzene rings is 1. The molecule has 0 radical (unpaired) electrons. The highest BCUT2D eigenvalue weighted by molar-refractivity contribution is 7.20. The van der Waals surface area contributed by atoms with Crippen molar-refractivity contribution in [1.82, 2.24) is 14.8 Å². The highest BCUT2D eigenvalue weighted by Gasteiger charge is 2.26. The zero-order valence-electron chi connectivity index (χ0n) is 14.3. The molecule has 1 atom stereocenters. The predicted octanol–water partition coefficient (Wildman–Crippen LogP) is 3.82. The zero-order valence-corrected chi connectivity index (χ0v) is 15.1.